The van der Waals surface area contributed by atoms with Crippen molar-refractivity contribution in [2.45, 2.75) is 19.8 Å². The van der Waals surface area contributed by atoms with Crippen molar-refractivity contribution in [3.05, 3.63) is 64.2 Å². The van der Waals surface area contributed by atoms with E-state index in [2.05, 4.69) is 30.5 Å². The molecule has 0 aliphatic carbocycles. The molecular weight excluding hydrogens is 373 g/mol. The molecule has 3 aromatic heterocycles. The van der Waals surface area contributed by atoms with Crippen LogP contribution in [0.4, 0.5) is 4.39 Å². The Kier molecular flexibility index (Phi) is 3.94. The number of rotatable bonds is 4. The van der Waals surface area contributed by atoms with E-state index in [1.807, 2.05) is 19.1 Å². The standard InChI is InChI=1S/C20H16FN7O/c1-2-3-11-8-13(4-6-14(11)21)19-23-20-22-16(10-18(29)28(20)26-19)12-5-7-15-17(9-12)25-27-24-15/h4-10H,2-3H2,1H3,(H,22,23,26)(H,24,25,27). The molecule has 0 saturated carbocycles. The van der Waals surface area contributed by atoms with Gasteiger partial charge in [-0.15, -0.1) is 0 Å². The van der Waals surface area contributed by atoms with E-state index < -0.39 is 0 Å². The number of hydrogen-bond donors (Lipinski definition) is 2. The Morgan fingerprint density at radius 2 is 1.83 bits per heavy atom. The van der Waals surface area contributed by atoms with Crippen molar-refractivity contribution >= 4 is 16.8 Å². The Labute approximate surface area is 163 Å². The molecule has 0 saturated heterocycles. The molecule has 144 valence electrons. The number of aromatic amines is 2. The molecule has 0 radical (unpaired) electrons. The predicted octanol–water partition coefficient (Wildman–Crippen LogP) is 3.11. The summed E-state index contributed by atoms with van der Waals surface area (Å²) in [7, 11) is 0. The maximum absolute atomic E-state index is 14.0. The summed E-state index contributed by atoms with van der Waals surface area (Å²) in [6, 6.07) is 11.7. The summed E-state index contributed by atoms with van der Waals surface area (Å²) in [6.07, 6.45) is 1.47. The van der Waals surface area contributed by atoms with Crippen LogP contribution in [0.15, 0.2) is 47.3 Å². The van der Waals surface area contributed by atoms with Gasteiger partial charge in [-0.05, 0) is 42.3 Å². The van der Waals surface area contributed by atoms with Gasteiger partial charge >= 0.3 is 0 Å². The number of fused-ring (bicyclic) bond motifs is 2. The molecule has 0 fully saturated rings. The minimum atomic E-state index is -0.292. The Balaban J connectivity index is 1.61. The smallest absolute Gasteiger partial charge is 0.271 e. The molecule has 29 heavy (non-hydrogen) atoms. The Morgan fingerprint density at radius 3 is 2.69 bits per heavy atom. The molecule has 5 aromatic rings. The molecule has 0 amide bonds. The molecule has 0 aliphatic rings. The van der Waals surface area contributed by atoms with Crippen molar-refractivity contribution in [2.24, 2.45) is 0 Å². The van der Waals surface area contributed by atoms with Crippen LogP contribution >= 0.6 is 0 Å². The molecule has 5 rings (SSSR count). The SMILES string of the molecule is CCCc1cc(-c2nc3nc(-c4ccc5n[nH]nc5c4)cc(=O)n3[nH]2)ccc1F. The number of halogens is 1. The zero-order valence-corrected chi connectivity index (χ0v) is 15.5. The lowest BCUT2D eigenvalue weighted by Crippen LogP contribution is -2.14. The Morgan fingerprint density at radius 1 is 1.00 bits per heavy atom. The third-order valence-electron chi connectivity index (χ3n) is 4.78. The average Bonchev–Trinajstić information content (AvgIpc) is 3.36. The van der Waals surface area contributed by atoms with Gasteiger partial charge in [0.25, 0.3) is 11.3 Å². The van der Waals surface area contributed by atoms with Crippen LogP contribution in [0.25, 0.3) is 39.5 Å². The number of H-pyrrole nitrogens is 2. The summed E-state index contributed by atoms with van der Waals surface area (Å²) in [6.45, 7) is 1.99. The second kappa shape index (κ2) is 6.62. The van der Waals surface area contributed by atoms with Crippen molar-refractivity contribution < 1.29 is 4.39 Å². The van der Waals surface area contributed by atoms with Crippen molar-refractivity contribution in [1.82, 2.24) is 35.0 Å². The summed E-state index contributed by atoms with van der Waals surface area (Å²) < 4.78 is 15.2. The van der Waals surface area contributed by atoms with Gasteiger partial charge in [0.2, 0.25) is 0 Å². The first-order valence-electron chi connectivity index (χ1n) is 9.22. The van der Waals surface area contributed by atoms with E-state index in [0.717, 1.165) is 17.5 Å². The number of nitrogens with one attached hydrogen (secondary N) is 2. The number of aryl methyl sites for hydroxylation is 1. The fourth-order valence-electron chi connectivity index (χ4n) is 3.34. The zero-order chi connectivity index (χ0) is 20.0. The minimum Gasteiger partial charge on any atom is -0.271 e. The van der Waals surface area contributed by atoms with Gasteiger partial charge in [0, 0.05) is 17.2 Å². The topological polar surface area (TPSA) is 105 Å². The highest BCUT2D eigenvalue weighted by molar-refractivity contribution is 5.80. The lowest BCUT2D eigenvalue weighted by molar-refractivity contribution is 0.607. The van der Waals surface area contributed by atoms with E-state index in [0.29, 0.717) is 34.6 Å². The lowest BCUT2D eigenvalue weighted by atomic mass is 10.1. The van der Waals surface area contributed by atoms with E-state index >= 15 is 0 Å². The van der Waals surface area contributed by atoms with Gasteiger partial charge in [0.05, 0.1) is 5.69 Å². The average molecular weight is 389 g/mol. The highest BCUT2D eigenvalue weighted by atomic mass is 19.1. The largest absolute Gasteiger partial charge is 0.274 e. The third kappa shape index (κ3) is 2.96. The van der Waals surface area contributed by atoms with Crippen LogP contribution in [0.1, 0.15) is 18.9 Å². The highest BCUT2D eigenvalue weighted by Crippen LogP contribution is 2.22. The third-order valence-corrected chi connectivity index (χ3v) is 4.78. The number of benzene rings is 2. The van der Waals surface area contributed by atoms with Crippen LogP contribution in [-0.2, 0) is 6.42 Å². The van der Waals surface area contributed by atoms with Crippen LogP contribution < -0.4 is 5.56 Å². The van der Waals surface area contributed by atoms with Crippen LogP contribution in [0.5, 0.6) is 0 Å². The van der Waals surface area contributed by atoms with Crippen molar-refractivity contribution in [3.8, 4) is 22.6 Å². The van der Waals surface area contributed by atoms with Crippen molar-refractivity contribution in [1.29, 1.82) is 0 Å². The lowest BCUT2D eigenvalue weighted by Gasteiger charge is -2.03. The monoisotopic (exact) mass is 389 g/mol. The summed E-state index contributed by atoms with van der Waals surface area (Å²) in [4.78, 5) is 21.6. The van der Waals surface area contributed by atoms with E-state index in [4.69, 9.17) is 0 Å². The van der Waals surface area contributed by atoms with E-state index in [9.17, 15) is 9.18 Å². The van der Waals surface area contributed by atoms with Crippen molar-refractivity contribution in [3.63, 3.8) is 0 Å². The number of hydrogen-bond acceptors (Lipinski definition) is 5. The second-order valence-corrected chi connectivity index (χ2v) is 6.77. The highest BCUT2D eigenvalue weighted by Gasteiger charge is 2.13. The van der Waals surface area contributed by atoms with Crippen molar-refractivity contribution in [2.75, 3.05) is 0 Å². The first-order valence-corrected chi connectivity index (χ1v) is 9.22. The number of nitrogens with zero attached hydrogens (tertiary/aromatic N) is 5. The molecule has 0 aliphatic heterocycles. The minimum absolute atomic E-state index is 0.240. The molecular formula is C20H16FN7O. The van der Waals surface area contributed by atoms with Crippen LogP contribution in [0.3, 0.4) is 0 Å². The predicted molar refractivity (Wildman–Crippen MR) is 106 cm³/mol. The Hall–Kier alpha value is -3.88. The first kappa shape index (κ1) is 17.2. The molecule has 0 spiro atoms. The molecule has 3 heterocycles. The summed E-state index contributed by atoms with van der Waals surface area (Å²) >= 11 is 0. The normalized spacial score (nSPS) is 11.5. The van der Waals surface area contributed by atoms with E-state index in [1.165, 1.54) is 16.6 Å². The molecule has 8 nitrogen and oxygen atoms in total. The molecule has 0 atom stereocenters. The summed E-state index contributed by atoms with van der Waals surface area (Å²) in [5.74, 6) is 0.452. The van der Waals surface area contributed by atoms with Gasteiger partial charge in [0.1, 0.15) is 16.9 Å². The first-order chi connectivity index (χ1) is 14.1. The maximum Gasteiger partial charge on any atom is 0.274 e. The molecule has 0 bridgehead atoms. The van der Waals surface area contributed by atoms with Gasteiger partial charge in [-0.1, -0.05) is 19.4 Å². The zero-order valence-electron chi connectivity index (χ0n) is 15.5. The molecule has 2 N–H and O–H groups in total. The fourth-order valence-corrected chi connectivity index (χ4v) is 3.34. The quantitative estimate of drug-likeness (QED) is 0.491. The second-order valence-electron chi connectivity index (χ2n) is 6.77. The summed E-state index contributed by atoms with van der Waals surface area (Å²) in [5.41, 5.74) is 3.67. The Bertz CT molecular complexity index is 1420. The van der Waals surface area contributed by atoms with E-state index in [1.54, 1.807) is 18.2 Å². The summed E-state index contributed by atoms with van der Waals surface area (Å²) in [5, 5.41) is 13.6. The maximum atomic E-state index is 14.0. The van der Waals surface area contributed by atoms with Gasteiger partial charge < -0.3 is 0 Å². The van der Waals surface area contributed by atoms with E-state index in [-0.39, 0.29) is 17.2 Å². The van der Waals surface area contributed by atoms with Crippen LogP contribution in [-0.4, -0.2) is 35.0 Å². The van der Waals surface area contributed by atoms with Crippen LogP contribution in [0, 0.1) is 5.82 Å². The number of aromatic nitrogens is 7. The van der Waals surface area contributed by atoms with Gasteiger partial charge in [-0.25, -0.2) is 9.37 Å². The van der Waals surface area contributed by atoms with Crippen LogP contribution in [0.2, 0.25) is 0 Å². The van der Waals surface area contributed by atoms with Gasteiger partial charge in [-0.3, -0.25) is 9.89 Å². The van der Waals surface area contributed by atoms with Gasteiger partial charge in [0.15, 0.2) is 5.82 Å². The molecule has 2 aromatic carbocycles. The van der Waals surface area contributed by atoms with Gasteiger partial charge in [-0.2, -0.15) is 24.9 Å². The fraction of sp³-hybridized carbons (Fsp3) is 0.150. The molecule has 9 heteroatoms. The molecule has 0 unspecified atom stereocenters.